The van der Waals surface area contributed by atoms with Gasteiger partial charge < -0.3 is 9.84 Å². The van der Waals surface area contributed by atoms with Crippen LogP contribution < -0.4 is 0 Å². The average Bonchev–Trinajstić information content (AvgIpc) is 2.54. The molecule has 4 nitrogen and oxygen atoms in total. The van der Waals surface area contributed by atoms with Crippen molar-refractivity contribution >= 4 is 11.8 Å². The van der Waals surface area contributed by atoms with E-state index in [2.05, 4.69) is 0 Å². The molecule has 0 aromatic heterocycles. The Morgan fingerprint density at radius 2 is 1.61 bits per heavy atom. The van der Waals surface area contributed by atoms with Crippen molar-refractivity contribution in [2.24, 2.45) is 10.8 Å². The third kappa shape index (κ3) is 6.53. The summed E-state index contributed by atoms with van der Waals surface area (Å²) < 4.78 is 5.46. The molecule has 0 spiro atoms. The fourth-order valence-corrected chi connectivity index (χ4v) is 2.34. The van der Waals surface area contributed by atoms with E-state index in [-0.39, 0.29) is 18.4 Å². The van der Waals surface area contributed by atoms with E-state index in [0.29, 0.717) is 12.8 Å². The molecular weight excluding hydrogens is 292 g/mol. The van der Waals surface area contributed by atoms with Gasteiger partial charge in [-0.2, -0.15) is 0 Å². The predicted molar refractivity (Wildman–Crippen MR) is 91.9 cm³/mol. The Morgan fingerprint density at radius 3 is 2.04 bits per heavy atom. The summed E-state index contributed by atoms with van der Waals surface area (Å²) in [5, 5.41) is 7.00. The molecule has 1 N–H and O–H groups in total. The van der Waals surface area contributed by atoms with Crippen LogP contribution in [0.5, 0.6) is 0 Å². The highest BCUT2D eigenvalue weighted by molar-refractivity contribution is 5.83. The van der Waals surface area contributed by atoms with Crippen molar-refractivity contribution < 1.29 is 19.4 Å². The second-order valence-electron chi connectivity index (χ2n) is 6.59. The van der Waals surface area contributed by atoms with Crippen molar-refractivity contribution in [3.63, 3.8) is 0 Å². The largest absolute Gasteiger partial charge is 0.460 e. The lowest BCUT2D eigenvalue weighted by Crippen LogP contribution is -2.37. The van der Waals surface area contributed by atoms with Gasteiger partial charge in [0.25, 0.3) is 0 Å². The Kier molecular flexibility index (Phi) is 8.77. The topological polar surface area (TPSA) is 63.6 Å². The number of hydrogen-bond acceptors (Lipinski definition) is 4. The Hall–Kier alpha value is -1.68. The van der Waals surface area contributed by atoms with E-state index >= 15 is 0 Å². The molecule has 0 bridgehead atoms. The number of benzene rings is 1. The van der Waals surface area contributed by atoms with Crippen LogP contribution in [0.2, 0.25) is 0 Å². The molecule has 0 aliphatic rings. The van der Waals surface area contributed by atoms with Crippen LogP contribution in [-0.2, 0) is 20.9 Å². The summed E-state index contributed by atoms with van der Waals surface area (Å²) in [7, 11) is 1.00. The van der Waals surface area contributed by atoms with Crippen LogP contribution in [0.4, 0.5) is 0 Å². The quantitative estimate of drug-likeness (QED) is 0.776. The van der Waals surface area contributed by atoms with E-state index < -0.39 is 10.8 Å². The van der Waals surface area contributed by atoms with Gasteiger partial charge in [-0.25, -0.2) is 0 Å². The third-order valence-corrected chi connectivity index (χ3v) is 4.27. The number of ketones is 1. The lowest BCUT2D eigenvalue weighted by atomic mass is 9.71. The first-order valence-electron chi connectivity index (χ1n) is 7.88. The van der Waals surface area contributed by atoms with Gasteiger partial charge >= 0.3 is 5.97 Å². The van der Waals surface area contributed by atoms with Crippen molar-refractivity contribution in [3.05, 3.63) is 35.9 Å². The normalized spacial score (nSPS) is 13.3. The second-order valence-corrected chi connectivity index (χ2v) is 6.59. The molecule has 0 radical (unpaired) electrons. The summed E-state index contributed by atoms with van der Waals surface area (Å²) in [6.45, 7) is 9.45. The maximum Gasteiger partial charge on any atom is 0.312 e. The SMILES string of the molecule is CCC(C)(CC(C)(C)C(C)=O)C(=O)OCc1ccccc1.CO. The molecule has 130 valence electrons. The molecule has 0 amide bonds. The zero-order valence-electron chi connectivity index (χ0n) is 15.2. The maximum absolute atomic E-state index is 12.4. The van der Waals surface area contributed by atoms with E-state index in [1.165, 1.54) is 0 Å². The van der Waals surface area contributed by atoms with Crippen LogP contribution in [0.25, 0.3) is 0 Å². The number of hydrogen-bond donors (Lipinski definition) is 1. The Morgan fingerprint density at radius 1 is 1.09 bits per heavy atom. The minimum absolute atomic E-state index is 0.0954. The zero-order valence-corrected chi connectivity index (χ0v) is 15.2. The number of Topliss-reactive ketones (excluding diaryl/α,β-unsaturated/α-hetero) is 1. The van der Waals surface area contributed by atoms with E-state index in [1.54, 1.807) is 6.92 Å². The summed E-state index contributed by atoms with van der Waals surface area (Å²) in [6.07, 6.45) is 1.15. The molecule has 1 atom stereocenters. The summed E-state index contributed by atoms with van der Waals surface area (Å²) >= 11 is 0. The molecule has 1 aromatic rings. The van der Waals surface area contributed by atoms with Gasteiger partial charge in [-0.3, -0.25) is 9.59 Å². The molecule has 1 aromatic carbocycles. The lowest BCUT2D eigenvalue weighted by Gasteiger charge is -2.33. The molecular formula is C19H30O4. The van der Waals surface area contributed by atoms with Crippen LogP contribution in [0, 0.1) is 10.8 Å². The van der Waals surface area contributed by atoms with Gasteiger partial charge in [-0.05, 0) is 32.3 Å². The van der Waals surface area contributed by atoms with E-state index in [9.17, 15) is 9.59 Å². The predicted octanol–water partition coefficient (Wildman–Crippen LogP) is 3.76. The molecule has 0 aliphatic carbocycles. The minimum Gasteiger partial charge on any atom is -0.460 e. The highest BCUT2D eigenvalue weighted by Gasteiger charge is 2.40. The fourth-order valence-electron chi connectivity index (χ4n) is 2.34. The highest BCUT2D eigenvalue weighted by Crippen LogP contribution is 2.38. The molecule has 0 aliphatic heterocycles. The minimum atomic E-state index is -0.635. The van der Waals surface area contributed by atoms with Crippen molar-refractivity contribution in [2.45, 2.75) is 54.1 Å². The molecule has 0 saturated heterocycles. The maximum atomic E-state index is 12.4. The first kappa shape index (κ1) is 21.3. The van der Waals surface area contributed by atoms with Gasteiger partial charge in [0.2, 0.25) is 0 Å². The van der Waals surface area contributed by atoms with Gasteiger partial charge in [0.1, 0.15) is 12.4 Å². The molecule has 4 heteroatoms. The summed E-state index contributed by atoms with van der Waals surface area (Å²) in [6, 6.07) is 9.62. The van der Waals surface area contributed by atoms with Crippen molar-refractivity contribution in [3.8, 4) is 0 Å². The number of carbonyl (C=O) groups excluding carboxylic acids is 2. The summed E-state index contributed by atoms with van der Waals surface area (Å²) in [4.78, 5) is 24.1. The van der Waals surface area contributed by atoms with Crippen LogP contribution >= 0.6 is 0 Å². The average molecular weight is 322 g/mol. The molecule has 0 fully saturated rings. The number of carbonyl (C=O) groups is 2. The zero-order chi connectivity index (χ0) is 18.1. The van der Waals surface area contributed by atoms with Gasteiger partial charge in [0, 0.05) is 12.5 Å². The smallest absolute Gasteiger partial charge is 0.312 e. The summed E-state index contributed by atoms with van der Waals surface area (Å²) in [5.74, 6) is -0.138. The number of aliphatic hydroxyl groups excluding tert-OH is 1. The van der Waals surface area contributed by atoms with Crippen molar-refractivity contribution in [1.82, 2.24) is 0 Å². The Labute approximate surface area is 139 Å². The first-order chi connectivity index (χ1) is 10.7. The number of aliphatic hydroxyl groups is 1. The standard InChI is InChI=1S/C18H26O3.CH4O/c1-6-18(5,13-17(3,4)14(2)19)16(20)21-12-15-10-8-7-9-11-15;1-2/h7-11H,6,12-13H2,1-5H3;2H,1H3. The van der Waals surface area contributed by atoms with E-state index in [1.807, 2.05) is 58.0 Å². The molecule has 0 saturated carbocycles. The molecule has 0 heterocycles. The van der Waals surface area contributed by atoms with Crippen LogP contribution in [0.3, 0.4) is 0 Å². The van der Waals surface area contributed by atoms with Crippen LogP contribution in [0.15, 0.2) is 30.3 Å². The van der Waals surface area contributed by atoms with Crippen LogP contribution in [-0.4, -0.2) is 24.0 Å². The van der Waals surface area contributed by atoms with Gasteiger partial charge in [0.15, 0.2) is 0 Å². The molecule has 23 heavy (non-hydrogen) atoms. The highest BCUT2D eigenvalue weighted by atomic mass is 16.5. The van der Waals surface area contributed by atoms with Crippen molar-refractivity contribution in [1.29, 1.82) is 0 Å². The van der Waals surface area contributed by atoms with Crippen LogP contribution in [0.1, 0.15) is 53.0 Å². The number of rotatable bonds is 7. The van der Waals surface area contributed by atoms with Gasteiger partial charge in [-0.15, -0.1) is 0 Å². The first-order valence-corrected chi connectivity index (χ1v) is 7.88. The third-order valence-electron chi connectivity index (χ3n) is 4.27. The molecule has 1 rings (SSSR count). The molecule has 1 unspecified atom stereocenters. The van der Waals surface area contributed by atoms with Gasteiger partial charge in [-0.1, -0.05) is 51.1 Å². The second kappa shape index (κ2) is 9.46. The lowest BCUT2D eigenvalue weighted by molar-refractivity contribution is -0.159. The number of esters is 1. The fraction of sp³-hybridized carbons (Fsp3) is 0.579. The summed E-state index contributed by atoms with van der Waals surface area (Å²) in [5.41, 5.74) is -0.185. The van der Waals surface area contributed by atoms with E-state index in [4.69, 9.17) is 9.84 Å². The Balaban J connectivity index is 0.00000232. The Bertz CT molecular complexity index is 493. The number of ether oxygens (including phenoxy) is 1. The van der Waals surface area contributed by atoms with E-state index in [0.717, 1.165) is 12.7 Å². The monoisotopic (exact) mass is 322 g/mol. The van der Waals surface area contributed by atoms with Gasteiger partial charge in [0.05, 0.1) is 5.41 Å². The van der Waals surface area contributed by atoms with Crippen molar-refractivity contribution in [2.75, 3.05) is 7.11 Å².